The van der Waals surface area contributed by atoms with Gasteiger partial charge in [0.15, 0.2) is 0 Å². The maximum Gasteiger partial charge on any atom is 0.307 e. The molecular formula is C9H8ClFO2. The van der Waals surface area contributed by atoms with Crippen LogP contribution in [0, 0.1) is 12.7 Å². The average molecular weight is 203 g/mol. The third-order valence-electron chi connectivity index (χ3n) is 1.79. The highest BCUT2D eigenvalue weighted by Crippen LogP contribution is 2.22. The monoisotopic (exact) mass is 202 g/mol. The Balaban J connectivity index is 3.10. The van der Waals surface area contributed by atoms with Crippen molar-refractivity contribution < 1.29 is 14.3 Å². The number of carboxylic acids is 1. The third kappa shape index (κ3) is 2.18. The number of halogens is 2. The van der Waals surface area contributed by atoms with Crippen LogP contribution >= 0.6 is 11.6 Å². The zero-order chi connectivity index (χ0) is 10.0. The molecule has 0 aliphatic rings. The highest BCUT2D eigenvalue weighted by atomic mass is 35.5. The standard InChI is InChI=1S/C9H8ClFO2/c1-5-6(4-8(12)13)2-3-7(11)9(5)10/h2-3H,4H2,1H3,(H,12,13). The van der Waals surface area contributed by atoms with Gasteiger partial charge >= 0.3 is 5.97 Å². The van der Waals surface area contributed by atoms with Crippen molar-refractivity contribution in [2.75, 3.05) is 0 Å². The van der Waals surface area contributed by atoms with Gasteiger partial charge in [0.2, 0.25) is 0 Å². The quantitative estimate of drug-likeness (QED) is 0.800. The molecule has 1 aromatic carbocycles. The predicted molar refractivity (Wildman–Crippen MR) is 47.5 cm³/mol. The summed E-state index contributed by atoms with van der Waals surface area (Å²) in [6.07, 6.45) is -0.133. The second-order valence-corrected chi connectivity index (χ2v) is 3.09. The smallest absolute Gasteiger partial charge is 0.307 e. The van der Waals surface area contributed by atoms with Crippen molar-refractivity contribution in [3.8, 4) is 0 Å². The molecule has 0 bridgehead atoms. The van der Waals surface area contributed by atoms with E-state index < -0.39 is 11.8 Å². The normalized spacial score (nSPS) is 10.1. The molecule has 0 fully saturated rings. The largest absolute Gasteiger partial charge is 0.481 e. The zero-order valence-corrected chi connectivity index (χ0v) is 7.73. The van der Waals surface area contributed by atoms with Gasteiger partial charge in [0.05, 0.1) is 11.4 Å². The van der Waals surface area contributed by atoms with Crippen molar-refractivity contribution in [3.05, 3.63) is 34.1 Å². The first-order valence-electron chi connectivity index (χ1n) is 3.67. The van der Waals surface area contributed by atoms with E-state index in [2.05, 4.69) is 0 Å². The van der Waals surface area contributed by atoms with Crippen molar-refractivity contribution in [2.45, 2.75) is 13.3 Å². The second kappa shape index (κ2) is 3.75. The molecule has 1 N–H and O–H groups in total. The fourth-order valence-corrected chi connectivity index (χ4v) is 1.23. The van der Waals surface area contributed by atoms with Crippen molar-refractivity contribution in [2.24, 2.45) is 0 Å². The molecule has 0 spiro atoms. The van der Waals surface area contributed by atoms with Crippen LogP contribution in [-0.2, 0) is 11.2 Å². The van der Waals surface area contributed by atoms with E-state index in [4.69, 9.17) is 16.7 Å². The molecule has 0 aliphatic heterocycles. The Morgan fingerprint density at radius 3 is 2.77 bits per heavy atom. The molecule has 4 heteroatoms. The first-order chi connectivity index (χ1) is 6.02. The molecular weight excluding hydrogens is 195 g/mol. The van der Waals surface area contributed by atoms with Crippen LogP contribution in [0.15, 0.2) is 12.1 Å². The lowest BCUT2D eigenvalue weighted by Gasteiger charge is -2.05. The maximum absolute atomic E-state index is 12.8. The van der Waals surface area contributed by atoms with Gasteiger partial charge in [-0.15, -0.1) is 0 Å². The second-order valence-electron chi connectivity index (χ2n) is 2.72. The first kappa shape index (κ1) is 9.99. The van der Waals surface area contributed by atoms with E-state index in [9.17, 15) is 9.18 Å². The van der Waals surface area contributed by atoms with Gasteiger partial charge in [-0.1, -0.05) is 17.7 Å². The number of rotatable bonds is 2. The molecule has 0 heterocycles. The molecule has 70 valence electrons. The summed E-state index contributed by atoms with van der Waals surface area (Å²) in [5, 5.41) is 8.51. The van der Waals surface area contributed by atoms with Gasteiger partial charge in [-0.3, -0.25) is 4.79 Å². The van der Waals surface area contributed by atoms with Crippen LogP contribution in [0.2, 0.25) is 5.02 Å². The summed E-state index contributed by atoms with van der Waals surface area (Å²) in [5.74, 6) is -1.47. The molecule has 0 amide bonds. The molecule has 0 aliphatic carbocycles. The van der Waals surface area contributed by atoms with Gasteiger partial charge in [0, 0.05) is 0 Å². The van der Waals surface area contributed by atoms with Crippen LogP contribution in [0.25, 0.3) is 0 Å². The van der Waals surface area contributed by atoms with Crippen LogP contribution in [0.5, 0.6) is 0 Å². The number of hydrogen-bond donors (Lipinski definition) is 1. The summed E-state index contributed by atoms with van der Waals surface area (Å²) in [4.78, 5) is 10.4. The molecule has 0 saturated carbocycles. The minimum atomic E-state index is -0.953. The predicted octanol–water partition coefficient (Wildman–Crippen LogP) is 2.41. The summed E-state index contributed by atoms with van der Waals surface area (Å²) in [6, 6.07) is 2.61. The average Bonchev–Trinajstić information content (AvgIpc) is 2.06. The number of aliphatic carboxylic acids is 1. The van der Waals surface area contributed by atoms with Crippen LogP contribution in [-0.4, -0.2) is 11.1 Å². The van der Waals surface area contributed by atoms with E-state index in [1.54, 1.807) is 6.92 Å². The molecule has 0 saturated heterocycles. The highest BCUT2D eigenvalue weighted by molar-refractivity contribution is 6.31. The SMILES string of the molecule is Cc1c(CC(=O)O)ccc(F)c1Cl. The maximum atomic E-state index is 12.8. The van der Waals surface area contributed by atoms with Gasteiger partial charge in [0.25, 0.3) is 0 Å². The van der Waals surface area contributed by atoms with Gasteiger partial charge in [-0.2, -0.15) is 0 Å². The fraction of sp³-hybridized carbons (Fsp3) is 0.222. The summed E-state index contributed by atoms with van der Waals surface area (Å²) >= 11 is 5.60. The van der Waals surface area contributed by atoms with E-state index in [1.807, 2.05) is 0 Å². The van der Waals surface area contributed by atoms with E-state index >= 15 is 0 Å². The summed E-state index contributed by atoms with van der Waals surface area (Å²) < 4.78 is 12.8. The van der Waals surface area contributed by atoms with Crippen molar-refractivity contribution in [1.29, 1.82) is 0 Å². The molecule has 0 atom stereocenters. The summed E-state index contributed by atoms with van der Waals surface area (Å²) in [6.45, 7) is 1.60. The molecule has 13 heavy (non-hydrogen) atoms. The molecule has 1 rings (SSSR count). The fourth-order valence-electron chi connectivity index (χ4n) is 1.05. The number of carbonyl (C=O) groups is 1. The topological polar surface area (TPSA) is 37.3 Å². The molecule has 2 nitrogen and oxygen atoms in total. The van der Waals surface area contributed by atoms with Crippen molar-refractivity contribution in [1.82, 2.24) is 0 Å². The molecule has 1 aromatic rings. The Labute approximate surface area is 80.0 Å². The summed E-state index contributed by atoms with van der Waals surface area (Å²) in [5.41, 5.74) is 1.03. The molecule has 0 aromatic heterocycles. The van der Waals surface area contributed by atoms with Gasteiger partial charge in [0.1, 0.15) is 5.82 Å². The minimum absolute atomic E-state index is 0.00116. The Kier molecular flexibility index (Phi) is 2.88. The number of benzene rings is 1. The summed E-state index contributed by atoms with van der Waals surface area (Å²) in [7, 11) is 0. The van der Waals surface area contributed by atoms with Crippen LogP contribution in [0.4, 0.5) is 4.39 Å². The van der Waals surface area contributed by atoms with Crippen LogP contribution in [0.3, 0.4) is 0 Å². The lowest BCUT2D eigenvalue weighted by atomic mass is 10.1. The van der Waals surface area contributed by atoms with Crippen molar-refractivity contribution in [3.63, 3.8) is 0 Å². The Hall–Kier alpha value is -1.09. The van der Waals surface area contributed by atoms with Crippen molar-refractivity contribution >= 4 is 17.6 Å². The van der Waals surface area contributed by atoms with E-state index in [0.717, 1.165) is 0 Å². The molecule has 0 unspecified atom stereocenters. The Morgan fingerprint density at radius 2 is 2.23 bits per heavy atom. The van der Waals surface area contributed by atoms with Gasteiger partial charge in [-0.25, -0.2) is 4.39 Å². The number of carboxylic acid groups (broad SMARTS) is 1. The Bertz CT molecular complexity index is 350. The van der Waals surface area contributed by atoms with E-state index in [1.165, 1.54) is 12.1 Å². The molecule has 0 radical (unpaired) electrons. The van der Waals surface area contributed by atoms with E-state index in [0.29, 0.717) is 11.1 Å². The van der Waals surface area contributed by atoms with Gasteiger partial charge < -0.3 is 5.11 Å². The van der Waals surface area contributed by atoms with Crippen LogP contribution in [0.1, 0.15) is 11.1 Å². The highest BCUT2D eigenvalue weighted by Gasteiger charge is 2.09. The minimum Gasteiger partial charge on any atom is -0.481 e. The third-order valence-corrected chi connectivity index (χ3v) is 2.26. The first-order valence-corrected chi connectivity index (χ1v) is 4.05. The Morgan fingerprint density at radius 1 is 1.62 bits per heavy atom. The number of hydrogen-bond acceptors (Lipinski definition) is 1. The lowest BCUT2D eigenvalue weighted by Crippen LogP contribution is -2.02. The zero-order valence-electron chi connectivity index (χ0n) is 6.97. The van der Waals surface area contributed by atoms with E-state index in [-0.39, 0.29) is 11.4 Å². The van der Waals surface area contributed by atoms with Crippen LogP contribution < -0.4 is 0 Å². The van der Waals surface area contributed by atoms with Gasteiger partial charge in [-0.05, 0) is 24.1 Å². The lowest BCUT2D eigenvalue weighted by molar-refractivity contribution is -0.136.